The number of nitrogens with zero attached hydrogens (tertiary/aromatic N) is 3. The summed E-state index contributed by atoms with van der Waals surface area (Å²) in [6, 6.07) is 22.3. The highest BCUT2D eigenvalue weighted by Crippen LogP contribution is 2.51. The average Bonchev–Trinajstić information content (AvgIpc) is 3.18. The number of rotatable bonds is 6. The van der Waals surface area contributed by atoms with Crippen molar-refractivity contribution < 1.29 is 9.53 Å². The van der Waals surface area contributed by atoms with Gasteiger partial charge in [-0.2, -0.15) is 0 Å². The highest BCUT2D eigenvalue weighted by atomic mass is 35.5. The summed E-state index contributed by atoms with van der Waals surface area (Å²) in [5, 5.41) is 1.45. The fraction of sp³-hybridized carbons (Fsp3) is 0.345. The summed E-state index contributed by atoms with van der Waals surface area (Å²) in [5.74, 6) is 1.25. The van der Waals surface area contributed by atoms with E-state index in [-0.39, 0.29) is 17.9 Å². The molecule has 0 aliphatic carbocycles. The van der Waals surface area contributed by atoms with E-state index in [0.717, 1.165) is 41.0 Å². The van der Waals surface area contributed by atoms with Gasteiger partial charge in [0.25, 0.3) is 0 Å². The maximum Gasteiger partial charge on any atom is 0.222 e. The number of amides is 1. The summed E-state index contributed by atoms with van der Waals surface area (Å²) in [5.41, 5.74) is 4.65. The minimum absolute atomic E-state index is 0.130. The van der Waals surface area contributed by atoms with Gasteiger partial charge in [-0.15, -0.1) is 0 Å². The predicted molar refractivity (Wildman–Crippen MR) is 148 cm³/mol. The molecule has 1 saturated heterocycles. The zero-order chi connectivity index (χ0) is 25.2. The molecule has 3 aromatic carbocycles. The molecule has 0 aromatic heterocycles. The lowest BCUT2D eigenvalue weighted by Gasteiger charge is -2.37. The average molecular weight is 524 g/mol. The van der Waals surface area contributed by atoms with Crippen LogP contribution in [0.5, 0.6) is 5.75 Å². The smallest absolute Gasteiger partial charge is 0.222 e. The molecular formula is C29H31Cl2N3O2. The van der Waals surface area contributed by atoms with E-state index in [2.05, 4.69) is 47.2 Å². The SMILES string of the molecule is COc1ccccc1N1CCN(C(=O)CC[C@H]2c3cc(Cl)ccc3N(C)[C@@H]2c2ccc(Cl)cc2)CC1. The van der Waals surface area contributed by atoms with Crippen molar-refractivity contribution in [2.75, 3.05) is 50.1 Å². The standard InChI is InChI=1S/C29H31Cl2N3O2/c1-32-25-13-11-22(31)19-24(25)23(29(32)20-7-9-21(30)10-8-20)12-14-28(35)34-17-15-33(16-18-34)26-5-3-4-6-27(26)36-2/h3-11,13,19,23,29H,12,14-18H2,1-2H3/t23-,29+/m0/s1. The molecule has 188 valence electrons. The normalized spacial score (nSPS) is 19.4. The molecule has 7 heteroatoms. The van der Waals surface area contributed by atoms with Gasteiger partial charge in [-0.05, 0) is 60.0 Å². The summed E-state index contributed by atoms with van der Waals surface area (Å²) in [7, 11) is 3.81. The Morgan fingerprint density at radius 2 is 1.61 bits per heavy atom. The molecule has 1 amide bonds. The van der Waals surface area contributed by atoms with Crippen LogP contribution in [0.1, 0.15) is 35.9 Å². The molecule has 5 nitrogen and oxygen atoms in total. The van der Waals surface area contributed by atoms with Crippen molar-refractivity contribution in [2.45, 2.75) is 24.8 Å². The summed E-state index contributed by atoms with van der Waals surface area (Å²) >= 11 is 12.6. The van der Waals surface area contributed by atoms with E-state index in [1.807, 2.05) is 41.3 Å². The number of ether oxygens (including phenoxy) is 1. The van der Waals surface area contributed by atoms with Crippen LogP contribution < -0.4 is 14.5 Å². The maximum atomic E-state index is 13.3. The number of hydrogen-bond donors (Lipinski definition) is 0. The first kappa shape index (κ1) is 24.8. The van der Waals surface area contributed by atoms with Gasteiger partial charge in [0.05, 0.1) is 18.8 Å². The van der Waals surface area contributed by atoms with Gasteiger partial charge in [0.1, 0.15) is 5.75 Å². The second-order valence-electron chi connectivity index (χ2n) is 9.50. The first-order valence-corrected chi connectivity index (χ1v) is 13.2. The number of para-hydroxylation sites is 2. The number of methoxy groups -OCH3 is 1. The molecule has 0 saturated carbocycles. The van der Waals surface area contributed by atoms with Gasteiger partial charge in [-0.25, -0.2) is 0 Å². The van der Waals surface area contributed by atoms with Crippen molar-refractivity contribution in [3.63, 3.8) is 0 Å². The van der Waals surface area contributed by atoms with Gasteiger partial charge in [-0.1, -0.05) is 47.5 Å². The van der Waals surface area contributed by atoms with Crippen molar-refractivity contribution in [2.24, 2.45) is 0 Å². The molecule has 1 fully saturated rings. The van der Waals surface area contributed by atoms with Crippen molar-refractivity contribution in [1.29, 1.82) is 0 Å². The summed E-state index contributed by atoms with van der Waals surface area (Å²) in [6.07, 6.45) is 1.26. The highest BCUT2D eigenvalue weighted by molar-refractivity contribution is 6.31. The fourth-order valence-corrected chi connectivity index (χ4v) is 5.99. The Kier molecular flexibility index (Phi) is 7.31. The Hall–Kier alpha value is -2.89. The number of anilines is 2. The molecule has 0 N–H and O–H groups in total. The Balaban J connectivity index is 1.28. The molecule has 2 aliphatic heterocycles. The first-order valence-electron chi connectivity index (χ1n) is 12.4. The van der Waals surface area contributed by atoms with E-state index in [0.29, 0.717) is 19.5 Å². The van der Waals surface area contributed by atoms with Gasteiger partial charge < -0.3 is 19.4 Å². The third-order valence-corrected chi connectivity index (χ3v) is 7.99. The van der Waals surface area contributed by atoms with E-state index in [9.17, 15) is 4.79 Å². The zero-order valence-corrected chi connectivity index (χ0v) is 22.2. The summed E-state index contributed by atoms with van der Waals surface area (Å²) < 4.78 is 5.52. The lowest BCUT2D eigenvalue weighted by atomic mass is 9.86. The number of hydrogen-bond acceptors (Lipinski definition) is 4. The highest BCUT2D eigenvalue weighted by Gasteiger charge is 2.38. The van der Waals surface area contributed by atoms with Crippen LogP contribution in [0.4, 0.5) is 11.4 Å². The van der Waals surface area contributed by atoms with Crippen LogP contribution in [0, 0.1) is 0 Å². The number of likely N-dealkylation sites (N-methyl/N-ethyl adjacent to an activating group) is 1. The van der Waals surface area contributed by atoms with E-state index in [4.69, 9.17) is 27.9 Å². The van der Waals surface area contributed by atoms with E-state index >= 15 is 0 Å². The first-order chi connectivity index (χ1) is 17.5. The predicted octanol–water partition coefficient (Wildman–Crippen LogP) is 6.41. The molecule has 5 rings (SSSR count). The monoisotopic (exact) mass is 523 g/mol. The number of carbonyl (C=O) groups excluding carboxylic acids is 1. The van der Waals surface area contributed by atoms with Crippen LogP contribution in [-0.2, 0) is 4.79 Å². The molecule has 0 unspecified atom stereocenters. The van der Waals surface area contributed by atoms with Crippen molar-refractivity contribution in [1.82, 2.24) is 4.90 Å². The lowest BCUT2D eigenvalue weighted by Crippen LogP contribution is -2.48. The summed E-state index contributed by atoms with van der Waals surface area (Å²) in [6.45, 7) is 3.02. The van der Waals surface area contributed by atoms with Gasteiger partial charge in [0.15, 0.2) is 0 Å². The second kappa shape index (κ2) is 10.6. The molecule has 2 aliphatic rings. The molecule has 36 heavy (non-hydrogen) atoms. The number of halogens is 2. The quantitative estimate of drug-likeness (QED) is 0.374. The van der Waals surface area contributed by atoms with E-state index < -0.39 is 0 Å². The third-order valence-electron chi connectivity index (χ3n) is 7.51. The van der Waals surface area contributed by atoms with Gasteiger partial charge >= 0.3 is 0 Å². The number of benzene rings is 3. The van der Waals surface area contributed by atoms with Crippen molar-refractivity contribution in [3.05, 3.63) is 87.9 Å². The number of carbonyl (C=O) groups is 1. The molecule has 0 bridgehead atoms. The minimum atomic E-state index is 0.130. The Morgan fingerprint density at radius 1 is 0.917 bits per heavy atom. The Labute approximate surface area is 223 Å². The maximum absolute atomic E-state index is 13.3. The summed E-state index contributed by atoms with van der Waals surface area (Å²) in [4.78, 5) is 19.9. The van der Waals surface area contributed by atoms with Crippen LogP contribution in [0.2, 0.25) is 10.0 Å². The van der Waals surface area contributed by atoms with E-state index in [1.54, 1.807) is 7.11 Å². The largest absolute Gasteiger partial charge is 0.495 e. The topological polar surface area (TPSA) is 36.0 Å². The van der Waals surface area contributed by atoms with Crippen LogP contribution in [0.25, 0.3) is 0 Å². The molecule has 0 spiro atoms. The Morgan fingerprint density at radius 3 is 2.33 bits per heavy atom. The van der Waals surface area contributed by atoms with Crippen LogP contribution in [0.3, 0.4) is 0 Å². The molecule has 0 radical (unpaired) electrons. The fourth-order valence-electron chi connectivity index (χ4n) is 5.69. The van der Waals surface area contributed by atoms with E-state index in [1.165, 1.54) is 16.8 Å². The zero-order valence-electron chi connectivity index (χ0n) is 20.7. The molecule has 3 aromatic rings. The lowest BCUT2D eigenvalue weighted by molar-refractivity contribution is -0.131. The van der Waals surface area contributed by atoms with Crippen molar-refractivity contribution in [3.8, 4) is 5.75 Å². The number of piperazine rings is 1. The molecule has 2 heterocycles. The minimum Gasteiger partial charge on any atom is -0.495 e. The third kappa shape index (κ3) is 4.87. The van der Waals surface area contributed by atoms with Crippen LogP contribution in [-0.4, -0.2) is 51.1 Å². The second-order valence-corrected chi connectivity index (χ2v) is 10.4. The van der Waals surface area contributed by atoms with Crippen LogP contribution >= 0.6 is 23.2 Å². The Bertz CT molecular complexity index is 1230. The van der Waals surface area contributed by atoms with Gasteiger partial charge in [-0.3, -0.25) is 4.79 Å². The molecule has 2 atom stereocenters. The number of fused-ring (bicyclic) bond motifs is 1. The van der Waals surface area contributed by atoms with Gasteiger partial charge in [0.2, 0.25) is 5.91 Å². The van der Waals surface area contributed by atoms with Crippen molar-refractivity contribution >= 4 is 40.5 Å². The van der Waals surface area contributed by atoms with Gasteiger partial charge in [0, 0.05) is 61.3 Å². The van der Waals surface area contributed by atoms with Crippen LogP contribution in [0.15, 0.2) is 66.7 Å². The molecular weight excluding hydrogens is 493 g/mol.